The number of amides is 1. The summed E-state index contributed by atoms with van der Waals surface area (Å²) in [4.78, 5) is 35.4. The van der Waals surface area contributed by atoms with Crippen LogP contribution in [0, 0.1) is 17.8 Å². The van der Waals surface area contributed by atoms with E-state index in [-0.39, 0.29) is 5.91 Å². The molecule has 0 aromatic carbocycles. The fourth-order valence-corrected chi connectivity index (χ4v) is 2.41. The minimum atomic E-state index is -1.22. The molecule has 1 saturated heterocycles. The normalized spacial score (nSPS) is 31.6. The van der Waals surface area contributed by atoms with Gasteiger partial charge in [-0.15, -0.1) is 0 Å². The van der Waals surface area contributed by atoms with Gasteiger partial charge in [-0.3, -0.25) is 14.4 Å². The standard InChI is InChI=1S/C11H15NO6/c13-9(12-2-1-4-18-5-3-12)6-7(10(14)15)8(6)11(16)17/h6-8H,1-5H2,(H,14,15)(H,16,17)/t6?,7-,8+. The van der Waals surface area contributed by atoms with Crippen LogP contribution in [0.2, 0.25) is 0 Å². The largest absolute Gasteiger partial charge is 0.481 e. The Morgan fingerprint density at radius 3 is 2.11 bits per heavy atom. The molecule has 0 bridgehead atoms. The molecule has 1 aliphatic heterocycles. The van der Waals surface area contributed by atoms with Crippen LogP contribution in [0.25, 0.3) is 0 Å². The number of carbonyl (C=O) groups excluding carboxylic acids is 1. The lowest BCUT2D eigenvalue weighted by atomic mass is 10.2. The molecule has 2 N–H and O–H groups in total. The van der Waals surface area contributed by atoms with E-state index in [9.17, 15) is 14.4 Å². The molecule has 1 unspecified atom stereocenters. The first-order valence-corrected chi connectivity index (χ1v) is 5.86. The Hall–Kier alpha value is -1.63. The Balaban J connectivity index is 2.04. The fourth-order valence-electron chi connectivity index (χ4n) is 2.41. The molecule has 18 heavy (non-hydrogen) atoms. The maximum atomic E-state index is 12.1. The quantitative estimate of drug-likeness (QED) is 0.690. The van der Waals surface area contributed by atoms with E-state index in [2.05, 4.69) is 0 Å². The van der Waals surface area contributed by atoms with Crippen molar-refractivity contribution in [1.29, 1.82) is 0 Å². The Kier molecular flexibility index (Phi) is 3.51. The number of carboxylic acid groups (broad SMARTS) is 2. The van der Waals surface area contributed by atoms with Crippen molar-refractivity contribution < 1.29 is 29.3 Å². The second-order valence-corrected chi connectivity index (χ2v) is 4.55. The number of hydrogen-bond donors (Lipinski definition) is 2. The van der Waals surface area contributed by atoms with Crippen molar-refractivity contribution in [3.05, 3.63) is 0 Å². The molecule has 1 amide bonds. The topological polar surface area (TPSA) is 104 Å². The third-order valence-corrected chi connectivity index (χ3v) is 3.41. The third-order valence-electron chi connectivity index (χ3n) is 3.41. The zero-order valence-electron chi connectivity index (χ0n) is 9.74. The van der Waals surface area contributed by atoms with Crippen LogP contribution in [-0.2, 0) is 19.1 Å². The summed E-state index contributed by atoms with van der Waals surface area (Å²) in [6, 6.07) is 0. The van der Waals surface area contributed by atoms with Gasteiger partial charge in [0.25, 0.3) is 0 Å². The smallest absolute Gasteiger partial charge is 0.308 e. The number of carboxylic acids is 2. The molecule has 0 aromatic heterocycles. The van der Waals surface area contributed by atoms with Crippen molar-refractivity contribution >= 4 is 17.8 Å². The molecular weight excluding hydrogens is 242 g/mol. The summed E-state index contributed by atoms with van der Waals surface area (Å²) < 4.78 is 5.20. The predicted molar refractivity (Wildman–Crippen MR) is 57.8 cm³/mol. The summed E-state index contributed by atoms with van der Waals surface area (Å²) in [5.41, 5.74) is 0. The van der Waals surface area contributed by atoms with Gasteiger partial charge in [-0.2, -0.15) is 0 Å². The van der Waals surface area contributed by atoms with E-state index < -0.39 is 29.7 Å². The first-order valence-electron chi connectivity index (χ1n) is 5.86. The lowest BCUT2D eigenvalue weighted by Gasteiger charge is -2.19. The fraction of sp³-hybridized carbons (Fsp3) is 0.727. The lowest BCUT2D eigenvalue weighted by Crippen LogP contribution is -2.35. The second kappa shape index (κ2) is 4.93. The lowest BCUT2D eigenvalue weighted by molar-refractivity contribution is -0.144. The van der Waals surface area contributed by atoms with Gasteiger partial charge in [-0.25, -0.2) is 0 Å². The zero-order valence-corrected chi connectivity index (χ0v) is 9.74. The van der Waals surface area contributed by atoms with Gasteiger partial charge in [-0.1, -0.05) is 0 Å². The summed E-state index contributed by atoms with van der Waals surface area (Å²) in [5, 5.41) is 17.8. The number of ether oxygens (including phenoxy) is 1. The Morgan fingerprint density at radius 2 is 1.56 bits per heavy atom. The summed E-state index contributed by atoms with van der Waals surface area (Å²) in [7, 11) is 0. The van der Waals surface area contributed by atoms with E-state index in [1.165, 1.54) is 4.90 Å². The van der Waals surface area contributed by atoms with Gasteiger partial charge >= 0.3 is 11.9 Å². The van der Waals surface area contributed by atoms with Crippen LogP contribution in [0.3, 0.4) is 0 Å². The van der Waals surface area contributed by atoms with Gasteiger partial charge in [0.05, 0.1) is 24.4 Å². The Morgan fingerprint density at radius 1 is 0.944 bits per heavy atom. The number of hydrogen-bond acceptors (Lipinski definition) is 4. The molecule has 100 valence electrons. The van der Waals surface area contributed by atoms with Gasteiger partial charge < -0.3 is 19.8 Å². The molecular formula is C11H15NO6. The average molecular weight is 257 g/mol. The van der Waals surface area contributed by atoms with Gasteiger partial charge in [-0.05, 0) is 6.42 Å². The molecule has 3 atom stereocenters. The van der Waals surface area contributed by atoms with E-state index in [1.807, 2.05) is 0 Å². The molecule has 0 spiro atoms. The Labute approximate surface area is 103 Å². The second-order valence-electron chi connectivity index (χ2n) is 4.55. The van der Waals surface area contributed by atoms with Crippen molar-refractivity contribution in [2.75, 3.05) is 26.3 Å². The highest BCUT2D eigenvalue weighted by Crippen LogP contribution is 2.47. The maximum Gasteiger partial charge on any atom is 0.308 e. The molecule has 2 fully saturated rings. The van der Waals surface area contributed by atoms with Crippen LogP contribution in [-0.4, -0.2) is 59.3 Å². The van der Waals surface area contributed by atoms with Gasteiger partial charge in [0.1, 0.15) is 0 Å². The van der Waals surface area contributed by atoms with Crippen molar-refractivity contribution in [3.8, 4) is 0 Å². The van der Waals surface area contributed by atoms with Crippen LogP contribution < -0.4 is 0 Å². The predicted octanol–water partition coefficient (Wildman–Crippen LogP) is -0.733. The molecule has 1 saturated carbocycles. The highest BCUT2D eigenvalue weighted by Gasteiger charge is 2.64. The Bertz CT molecular complexity index is 354. The van der Waals surface area contributed by atoms with E-state index in [0.717, 1.165) is 0 Å². The van der Waals surface area contributed by atoms with Crippen LogP contribution >= 0.6 is 0 Å². The molecule has 1 aliphatic carbocycles. The highest BCUT2D eigenvalue weighted by molar-refractivity contribution is 5.98. The molecule has 2 aliphatic rings. The van der Waals surface area contributed by atoms with Gasteiger partial charge in [0.2, 0.25) is 5.91 Å². The van der Waals surface area contributed by atoms with E-state index in [0.29, 0.717) is 32.7 Å². The van der Waals surface area contributed by atoms with Gasteiger partial charge in [0, 0.05) is 19.7 Å². The third kappa shape index (κ3) is 2.31. The number of aliphatic carboxylic acids is 2. The van der Waals surface area contributed by atoms with Crippen LogP contribution in [0.15, 0.2) is 0 Å². The number of carbonyl (C=O) groups is 3. The molecule has 7 nitrogen and oxygen atoms in total. The van der Waals surface area contributed by atoms with Crippen LogP contribution in [0.5, 0.6) is 0 Å². The van der Waals surface area contributed by atoms with Crippen molar-refractivity contribution in [1.82, 2.24) is 4.90 Å². The van der Waals surface area contributed by atoms with Crippen molar-refractivity contribution in [2.24, 2.45) is 17.8 Å². The maximum absolute atomic E-state index is 12.1. The summed E-state index contributed by atoms with van der Waals surface area (Å²) in [5.74, 6) is -5.89. The summed E-state index contributed by atoms with van der Waals surface area (Å²) in [6.45, 7) is 1.87. The van der Waals surface area contributed by atoms with E-state index in [1.54, 1.807) is 0 Å². The first kappa shape index (κ1) is 12.8. The molecule has 0 radical (unpaired) electrons. The monoisotopic (exact) mass is 257 g/mol. The van der Waals surface area contributed by atoms with E-state index in [4.69, 9.17) is 14.9 Å². The summed E-state index contributed by atoms with van der Waals surface area (Å²) >= 11 is 0. The minimum Gasteiger partial charge on any atom is -0.481 e. The number of nitrogens with zero attached hydrogens (tertiary/aromatic N) is 1. The van der Waals surface area contributed by atoms with E-state index >= 15 is 0 Å². The highest BCUT2D eigenvalue weighted by atomic mass is 16.5. The first-order chi connectivity index (χ1) is 8.54. The van der Waals surface area contributed by atoms with Crippen LogP contribution in [0.1, 0.15) is 6.42 Å². The molecule has 0 aromatic rings. The SMILES string of the molecule is O=C(O)[C@@H]1C(C(=O)N2CCCOCC2)[C@@H]1C(=O)O. The van der Waals surface area contributed by atoms with Crippen molar-refractivity contribution in [3.63, 3.8) is 0 Å². The summed E-state index contributed by atoms with van der Waals surface area (Å²) in [6.07, 6.45) is 0.688. The zero-order chi connectivity index (χ0) is 13.3. The molecule has 2 rings (SSSR count). The van der Waals surface area contributed by atoms with Crippen molar-refractivity contribution in [2.45, 2.75) is 6.42 Å². The number of rotatable bonds is 3. The molecule has 1 heterocycles. The average Bonchev–Trinajstić information content (AvgIpc) is 3.09. The van der Waals surface area contributed by atoms with Gasteiger partial charge in [0.15, 0.2) is 0 Å². The van der Waals surface area contributed by atoms with Crippen LogP contribution in [0.4, 0.5) is 0 Å². The molecule has 7 heteroatoms. The minimum absolute atomic E-state index is 0.375.